The van der Waals surface area contributed by atoms with E-state index in [1.54, 1.807) is 11.3 Å². The van der Waals surface area contributed by atoms with Crippen LogP contribution in [0.25, 0.3) is 21.5 Å². The van der Waals surface area contributed by atoms with Crippen molar-refractivity contribution in [3.63, 3.8) is 0 Å². The minimum absolute atomic E-state index is 0.595. The molecule has 2 nitrogen and oxygen atoms in total. The van der Waals surface area contributed by atoms with Gasteiger partial charge in [-0.2, -0.15) is 0 Å². The Hall–Kier alpha value is -1.10. The molecule has 0 saturated heterocycles. The van der Waals surface area contributed by atoms with Crippen molar-refractivity contribution in [1.29, 1.82) is 0 Å². The number of nitrogens with one attached hydrogen (secondary N) is 1. The van der Waals surface area contributed by atoms with E-state index in [-0.39, 0.29) is 0 Å². The largest absolute Gasteiger partial charge is 0.354 e. The van der Waals surface area contributed by atoms with E-state index < -0.39 is 0 Å². The number of fused-ring (bicyclic) bond motifs is 1. The number of rotatable bonds is 7. The molecule has 0 aliphatic carbocycles. The molecule has 1 aromatic carbocycles. The Bertz CT molecular complexity index is 818. The van der Waals surface area contributed by atoms with E-state index in [2.05, 4.69) is 64.4 Å². The molecule has 2 heterocycles. The van der Waals surface area contributed by atoms with E-state index in [9.17, 15) is 0 Å². The highest BCUT2D eigenvalue weighted by Crippen LogP contribution is 2.39. The van der Waals surface area contributed by atoms with Gasteiger partial charge in [-0.3, -0.25) is 0 Å². The van der Waals surface area contributed by atoms with E-state index in [4.69, 9.17) is 5.73 Å². The van der Waals surface area contributed by atoms with Gasteiger partial charge in [-0.25, -0.2) is 0 Å². The molecule has 0 amide bonds. The number of H-pyrrole nitrogens is 1. The minimum Gasteiger partial charge on any atom is -0.354 e. The second-order valence-electron chi connectivity index (χ2n) is 6.44. The first kappa shape index (κ1) is 17.7. The third-order valence-electron chi connectivity index (χ3n) is 4.84. The predicted molar refractivity (Wildman–Crippen MR) is 110 cm³/mol. The maximum atomic E-state index is 5.71. The average molecular weight is 405 g/mol. The van der Waals surface area contributed by atoms with E-state index in [1.165, 1.54) is 43.5 Å². The summed E-state index contributed by atoms with van der Waals surface area (Å²) in [6.07, 6.45) is 4.44. The van der Waals surface area contributed by atoms with Gasteiger partial charge in [0.2, 0.25) is 0 Å². The van der Waals surface area contributed by atoms with Crippen molar-refractivity contribution in [2.45, 2.75) is 45.4 Å². The van der Waals surface area contributed by atoms with Crippen molar-refractivity contribution in [1.82, 2.24) is 4.98 Å². The van der Waals surface area contributed by atoms with Crippen LogP contribution < -0.4 is 5.73 Å². The molecule has 0 aliphatic heterocycles. The van der Waals surface area contributed by atoms with E-state index in [1.807, 2.05) is 0 Å². The lowest BCUT2D eigenvalue weighted by Crippen LogP contribution is -1.99. The molecule has 0 fully saturated rings. The zero-order valence-electron chi connectivity index (χ0n) is 14.4. The number of hydrogen-bond donors (Lipinski definition) is 2. The summed E-state index contributed by atoms with van der Waals surface area (Å²) >= 11 is 5.48. The number of benzene rings is 1. The SMILES string of the molecule is CCC(C)c1ccc2[nH]c(-c3sccc3Br)c(CCCCN)c2c1. The van der Waals surface area contributed by atoms with Crippen molar-refractivity contribution in [3.8, 4) is 10.6 Å². The van der Waals surface area contributed by atoms with Crippen molar-refractivity contribution in [3.05, 3.63) is 45.2 Å². The van der Waals surface area contributed by atoms with Crippen LogP contribution in [0.15, 0.2) is 34.1 Å². The van der Waals surface area contributed by atoms with Gasteiger partial charge in [-0.1, -0.05) is 19.9 Å². The van der Waals surface area contributed by atoms with Gasteiger partial charge in [0.25, 0.3) is 0 Å². The Kier molecular flexibility index (Phi) is 5.80. The van der Waals surface area contributed by atoms with Crippen LogP contribution in [0.4, 0.5) is 0 Å². The highest BCUT2D eigenvalue weighted by atomic mass is 79.9. The van der Waals surface area contributed by atoms with Crippen LogP contribution in [0.1, 0.15) is 50.2 Å². The zero-order valence-corrected chi connectivity index (χ0v) is 16.8. The lowest BCUT2D eigenvalue weighted by molar-refractivity contribution is 0.734. The first-order valence-corrected chi connectivity index (χ1v) is 10.4. The van der Waals surface area contributed by atoms with E-state index >= 15 is 0 Å². The van der Waals surface area contributed by atoms with Crippen LogP contribution >= 0.6 is 27.3 Å². The molecule has 3 aromatic rings. The smallest absolute Gasteiger partial charge is 0.0650 e. The third kappa shape index (κ3) is 3.46. The standard InChI is InChI=1S/C20H25BrN2S/c1-3-13(2)14-7-8-18-16(12-14)15(6-4-5-10-22)19(23-18)20-17(21)9-11-24-20/h7-9,11-13,23H,3-6,10,22H2,1-2H3. The molecule has 0 spiro atoms. The average Bonchev–Trinajstić information content (AvgIpc) is 3.17. The van der Waals surface area contributed by atoms with Crippen molar-refractivity contribution in [2.24, 2.45) is 5.73 Å². The van der Waals surface area contributed by atoms with Crippen molar-refractivity contribution < 1.29 is 0 Å². The number of thiophene rings is 1. The normalized spacial score (nSPS) is 12.8. The van der Waals surface area contributed by atoms with Crippen molar-refractivity contribution >= 4 is 38.2 Å². The van der Waals surface area contributed by atoms with Gasteiger partial charge in [0.15, 0.2) is 0 Å². The van der Waals surface area contributed by atoms with Gasteiger partial charge < -0.3 is 10.7 Å². The molecular weight excluding hydrogens is 380 g/mol. The maximum Gasteiger partial charge on any atom is 0.0650 e. The van der Waals surface area contributed by atoms with Crippen molar-refractivity contribution in [2.75, 3.05) is 6.54 Å². The number of aromatic amines is 1. The minimum atomic E-state index is 0.595. The predicted octanol–water partition coefficient (Wildman–Crippen LogP) is 6.45. The lowest BCUT2D eigenvalue weighted by atomic mass is 9.95. The van der Waals surface area contributed by atoms with Crippen LogP contribution in [0.5, 0.6) is 0 Å². The Labute approximate surface area is 156 Å². The fraction of sp³-hybridized carbons (Fsp3) is 0.400. The van der Waals surface area contributed by atoms with Crippen LogP contribution in [-0.4, -0.2) is 11.5 Å². The molecule has 4 heteroatoms. The van der Waals surface area contributed by atoms with Gasteiger partial charge in [-0.05, 0) is 88.8 Å². The molecule has 24 heavy (non-hydrogen) atoms. The van der Waals surface area contributed by atoms with Crippen LogP contribution in [0.2, 0.25) is 0 Å². The first-order chi connectivity index (χ1) is 11.7. The molecule has 1 unspecified atom stereocenters. The monoisotopic (exact) mass is 404 g/mol. The molecular formula is C20H25BrN2S. The molecule has 3 N–H and O–H groups in total. The maximum absolute atomic E-state index is 5.71. The third-order valence-corrected chi connectivity index (χ3v) is 6.69. The molecule has 0 bridgehead atoms. The number of unbranched alkanes of at least 4 members (excludes halogenated alkanes) is 1. The molecule has 0 radical (unpaired) electrons. The summed E-state index contributed by atoms with van der Waals surface area (Å²) in [4.78, 5) is 4.96. The Morgan fingerprint density at radius 1 is 1.25 bits per heavy atom. The highest BCUT2D eigenvalue weighted by molar-refractivity contribution is 9.10. The molecule has 0 aliphatic rings. The van der Waals surface area contributed by atoms with Crippen LogP contribution in [-0.2, 0) is 6.42 Å². The number of aryl methyl sites for hydroxylation is 1. The number of hydrogen-bond acceptors (Lipinski definition) is 2. The van der Waals surface area contributed by atoms with E-state index in [0.29, 0.717) is 5.92 Å². The molecule has 2 aromatic heterocycles. The summed E-state index contributed by atoms with van der Waals surface area (Å²) < 4.78 is 1.17. The molecule has 0 saturated carbocycles. The second kappa shape index (κ2) is 7.85. The van der Waals surface area contributed by atoms with E-state index in [0.717, 1.165) is 25.8 Å². The number of nitrogens with two attached hydrogens (primary N) is 1. The second-order valence-corrected chi connectivity index (χ2v) is 8.21. The van der Waals surface area contributed by atoms with Gasteiger partial charge in [0.1, 0.15) is 0 Å². The molecule has 128 valence electrons. The zero-order chi connectivity index (χ0) is 17.1. The Balaban J connectivity index is 2.12. The lowest BCUT2D eigenvalue weighted by Gasteiger charge is -2.09. The highest BCUT2D eigenvalue weighted by Gasteiger charge is 2.17. The van der Waals surface area contributed by atoms with Gasteiger partial charge in [0.05, 0.1) is 10.6 Å². The number of aromatic nitrogens is 1. The van der Waals surface area contributed by atoms with Crippen LogP contribution in [0.3, 0.4) is 0 Å². The quantitative estimate of drug-likeness (QED) is 0.436. The fourth-order valence-electron chi connectivity index (χ4n) is 3.18. The summed E-state index contributed by atoms with van der Waals surface area (Å²) in [5.74, 6) is 0.595. The summed E-state index contributed by atoms with van der Waals surface area (Å²) in [6.45, 7) is 5.32. The summed E-state index contributed by atoms with van der Waals surface area (Å²) in [6, 6.07) is 9.03. The Morgan fingerprint density at radius 2 is 2.08 bits per heavy atom. The Morgan fingerprint density at radius 3 is 2.75 bits per heavy atom. The number of halogens is 1. The molecule has 3 rings (SSSR count). The van der Waals surface area contributed by atoms with Gasteiger partial charge in [0, 0.05) is 15.4 Å². The fourth-order valence-corrected chi connectivity index (χ4v) is 4.78. The summed E-state index contributed by atoms with van der Waals surface area (Å²) in [5, 5.41) is 3.51. The summed E-state index contributed by atoms with van der Waals surface area (Å²) in [5.41, 5.74) is 11.1. The first-order valence-electron chi connectivity index (χ1n) is 8.73. The molecule has 1 atom stereocenters. The topological polar surface area (TPSA) is 41.8 Å². The summed E-state index contributed by atoms with van der Waals surface area (Å²) in [7, 11) is 0. The van der Waals surface area contributed by atoms with Gasteiger partial charge in [-0.15, -0.1) is 11.3 Å². The van der Waals surface area contributed by atoms with Gasteiger partial charge >= 0.3 is 0 Å². The van der Waals surface area contributed by atoms with Crippen LogP contribution in [0, 0.1) is 0 Å².